The molecule has 1 aromatic carbocycles. The van der Waals surface area contributed by atoms with Gasteiger partial charge in [-0.3, -0.25) is 0 Å². The van der Waals surface area contributed by atoms with Gasteiger partial charge in [0, 0.05) is 6.54 Å². The molecule has 0 spiro atoms. The van der Waals surface area contributed by atoms with Gasteiger partial charge in [0.1, 0.15) is 5.82 Å². The summed E-state index contributed by atoms with van der Waals surface area (Å²) in [6.07, 6.45) is 0. The molecule has 0 saturated carbocycles. The molecule has 0 aliphatic carbocycles. The highest BCUT2D eigenvalue weighted by molar-refractivity contribution is 5.43. The lowest BCUT2D eigenvalue weighted by Crippen LogP contribution is -2.13. The van der Waals surface area contributed by atoms with Crippen molar-refractivity contribution in [2.75, 3.05) is 5.32 Å². The number of aromatic nitrogens is 4. The summed E-state index contributed by atoms with van der Waals surface area (Å²) in [7, 11) is 0. The van der Waals surface area contributed by atoms with Crippen molar-refractivity contribution in [3.8, 4) is 0 Å². The highest BCUT2D eigenvalue weighted by atomic mass is 16.2. The predicted molar refractivity (Wildman–Crippen MR) is 72.1 cm³/mol. The van der Waals surface area contributed by atoms with Gasteiger partial charge in [0.05, 0.1) is 0 Å². The minimum atomic E-state index is -0.339. The first kappa shape index (κ1) is 11.5. The number of H-pyrrole nitrogens is 1. The van der Waals surface area contributed by atoms with Gasteiger partial charge < -0.3 is 5.32 Å². The lowest BCUT2D eigenvalue weighted by Gasteiger charge is -2.06. The molecule has 0 aliphatic rings. The Balaban J connectivity index is 1.81. The molecule has 0 radical (unpaired) electrons. The summed E-state index contributed by atoms with van der Waals surface area (Å²) in [5.74, 6) is 0.637. The third-order valence-electron chi connectivity index (χ3n) is 2.83. The quantitative estimate of drug-likeness (QED) is 0.740. The number of fused-ring (bicyclic) bond motifs is 1. The van der Waals surface area contributed by atoms with Crippen molar-refractivity contribution in [3.05, 3.63) is 58.0 Å². The summed E-state index contributed by atoms with van der Waals surface area (Å²) in [5, 5.41) is 13.5. The Bertz CT molecular complexity index is 774. The monoisotopic (exact) mass is 255 g/mol. The highest BCUT2D eigenvalue weighted by Gasteiger charge is 2.02. The lowest BCUT2D eigenvalue weighted by molar-refractivity contribution is 0.875. The maximum Gasteiger partial charge on any atom is 0.364 e. The van der Waals surface area contributed by atoms with Crippen molar-refractivity contribution >= 4 is 11.5 Å². The van der Waals surface area contributed by atoms with Crippen LogP contribution in [0.2, 0.25) is 0 Å². The molecule has 0 amide bonds. The number of hydrogen-bond acceptors (Lipinski definition) is 4. The number of nitrogens with one attached hydrogen (secondary N) is 2. The second kappa shape index (κ2) is 4.56. The van der Waals surface area contributed by atoms with Gasteiger partial charge in [-0.05, 0) is 24.6 Å². The summed E-state index contributed by atoms with van der Waals surface area (Å²) in [6.45, 7) is 2.71. The Morgan fingerprint density at radius 3 is 3.05 bits per heavy atom. The third kappa shape index (κ3) is 2.33. The van der Waals surface area contributed by atoms with Crippen molar-refractivity contribution < 1.29 is 0 Å². The molecule has 3 aromatic rings. The van der Waals surface area contributed by atoms with Gasteiger partial charge in [0.25, 0.3) is 0 Å². The van der Waals surface area contributed by atoms with Gasteiger partial charge in [0.2, 0.25) is 0 Å². The zero-order chi connectivity index (χ0) is 13.2. The molecule has 6 heteroatoms. The lowest BCUT2D eigenvalue weighted by atomic mass is 10.1. The Morgan fingerprint density at radius 1 is 1.32 bits per heavy atom. The number of aromatic amines is 1. The fraction of sp³-hybridized carbons (Fsp3) is 0.154. The second-order valence-corrected chi connectivity index (χ2v) is 4.36. The number of nitrogens with zero attached hydrogens (tertiary/aromatic N) is 3. The zero-order valence-electron chi connectivity index (χ0n) is 10.4. The van der Waals surface area contributed by atoms with Gasteiger partial charge in [-0.1, -0.05) is 29.8 Å². The first-order valence-electron chi connectivity index (χ1n) is 5.96. The summed E-state index contributed by atoms with van der Waals surface area (Å²) in [5.41, 5.74) is 2.55. The minimum absolute atomic E-state index is 0.339. The molecule has 0 bridgehead atoms. The van der Waals surface area contributed by atoms with Crippen LogP contribution in [0.15, 0.2) is 41.2 Å². The SMILES string of the molecule is Cc1cccc(CNc2ccc3n[nH]c(=O)n3n2)c1. The summed E-state index contributed by atoms with van der Waals surface area (Å²) in [6, 6.07) is 11.8. The molecule has 19 heavy (non-hydrogen) atoms. The number of hydrogen-bond donors (Lipinski definition) is 2. The Hall–Kier alpha value is -2.63. The topological polar surface area (TPSA) is 75.1 Å². The van der Waals surface area contributed by atoms with Crippen LogP contribution in [0, 0.1) is 6.92 Å². The van der Waals surface area contributed by atoms with E-state index in [-0.39, 0.29) is 5.69 Å². The third-order valence-corrected chi connectivity index (χ3v) is 2.83. The van der Waals surface area contributed by atoms with Crippen LogP contribution in [0.4, 0.5) is 5.82 Å². The van der Waals surface area contributed by atoms with Crippen LogP contribution in [-0.2, 0) is 6.54 Å². The molecule has 0 aliphatic heterocycles. The van der Waals surface area contributed by atoms with E-state index < -0.39 is 0 Å². The normalized spacial score (nSPS) is 10.8. The van der Waals surface area contributed by atoms with Crippen molar-refractivity contribution in [1.82, 2.24) is 19.8 Å². The molecule has 2 N–H and O–H groups in total. The zero-order valence-corrected chi connectivity index (χ0v) is 10.4. The number of anilines is 1. The Morgan fingerprint density at radius 2 is 2.21 bits per heavy atom. The molecule has 2 heterocycles. The van der Waals surface area contributed by atoms with Crippen LogP contribution in [0.1, 0.15) is 11.1 Å². The van der Waals surface area contributed by atoms with Gasteiger partial charge in [-0.2, -0.15) is 9.61 Å². The van der Waals surface area contributed by atoms with Crippen LogP contribution < -0.4 is 11.0 Å². The van der Waals surface area contributed by atoms with Crippen LogP contribution in [-0.4, -0.2) is 19.8 Å². The summed E-state index contributed by atoms with van der Waals surface area (Å²) < 4.78 is 1.23. The van der Waals surface area contributed by atoms with E-state index in [2.05, 4.69) is 39.7 Å². The highest BCUT2D eigenvalue weighted by Crippen LogP contribution is 2.08. The fourth-order valence-electron chi connectivity index (χ4n) is 1.91. The van der Waals surface area contributed by atoms with E-state index in [1.54, 1.807) is 12.1 Å². The maximum atomic E-state index is 11.4. The maximum absolute atomic E-state index is 11.4. The van der Waals surface area contributed by atoms with E-state index in [1.165, 1.54) is 15.6 Å². The largest absolute Gasteiger partial charge is 0.365 e. The molecule has 0 unspecified atom stereocenters. The standard InChI is InChI=1S/C13H13N5O/c1-9-3-2-4-10(7-9)8-14-11-5-6-12-15-16-13(19)18(12)17-11/h2-7H,8H2,1H3,(H,14,17)(H,16,19). The smallest absolute Gasteiger partial charge is 0.364 e. The van der Waals surface area contributed by atoms with Crippen LogP contribution in [0.3, 0.4) is 0 Å². The molecule has 0 saturated heterocycles. The van der Waals surface area contributed by atoms with Gasteiger partial charge in [0.15, 0.2) is 5.65 Å². The van der Waals surface area contributed by atoms with Gasteiger partial charge >= 0.3 is 5.69 Å². The first-order valence-corrected chi connectivity index (χ1v) is 5.96. The molecular formula is C13H13N5O. The van der Waals surface area contributed by atoms with E-state index in [4.69, 9.17) is 0 Å². The van der Waals surface area contributed by atoms with Crippen LogP contribution >= 0.6 is 0 Å². The number of aryl methyl sites for hydroxylation is 1. The van der Waals surface area contributed by atoms with Crippen molar-refractivity contribution in [2.45, 2.75) is 13.5 Å². The summed E-state index contributed by atoms with van der Waals surface area (Å²) >= 11 is 0. The van der Waals surface area contributed by atoms with E-state index in [9.17, 15) is 4.79 Å². The van der Waals surface area contributed by atoms with E-state index in [0.29, 0.717) is 18.0 Å². The summed E-state index contributed by atoms with van der Waals surface area (Å²) in [4.78, 5) is 11.4. The molecule has 0 fully saturated rings. The molecule has 96 valence electrons. The van der Waals surface area contributed by atoms with Crippen LogP contribution in [0.5, 0.6) is 0 Å². The van der Waals surface area contributed by atoms with E-state index in [1.807, 2.05) is 12.1 Å². The molecule has 2 aromatic heterocycles. The van der Waals surface area contributed by atoms with Gasteiger partial charge in [-0.25, -0.2) is 9.89 Å². The van der Waals surface area contributed by atoms with Crippen LogP contribution in [0.25, 0.3) is 5.65 Å². The van der Waals surface area contributed by atoms with Crippen molar-refractivity contribution in [1.29, 1.82) is 0 Å². The molecule has 6 nitrogen and oxygen atoms in total. The number of benzene rings is 1. The Labute approximate surface area is 109 Å². The molecular weight excluding hydrogens is 242 g/mol. The number of rotatable bonds is 3. The minimum Gasteiger partial charge on any atom is -0.365 e. The average Bonchev–Trinajstić information content (AvgIpc) is 2.78. The van der Waals surface area contributed by atoms with E-state index >= 15 is 0 Å². The average molecular weight is 255 g/mol. The van der Waals surface area contributed by atoms with Crippen molar-refractivity contribution in [2.24, 2.45) is 0 Å². The van der Waals surface area contributed by atoms with Gasteiger partial charge in [-0.15, -0.1) is 5.10 Å². The predicted octanol–water partition coefficient (Wildman–Crippen LogP) is 1.34. The molecule has 3 rings (SSSR count). The Kier molecular flexibility index (Phi) is 2.75. The van der Waals surface area contributed by atoms with Crippen molar-refractivity contribution in [3.63, 3.8) is 0 Å². The first-order chi connectivity index (χ1) is 9.22. The second-order valence-electron chi connectivity index (χ2n) is 4.36. The molecule has 0 atom stereocenters. The fourth-order valence-corrected chi connectivity index (χ4v) is 1.91. The van der Waals surface area contributed by atoms with E-state index in [0.717, 1.165) is 0 Å².